The number of hydrogen-bond donors (Lipinski definition) is 1. The number of fused-ring (bicyclic) bond motifs is 2. The van der Waals surface area contributed by atoms with Gasteiger partial charge in [-0.15, -0.1) is 11.8 Å². The predicted molar refractivity (Wildman–Crippen MR) is 174 cm³/mol. The van der Waals surface area contributed by atoms with Crippen molar-refractivity contribution in [2.45, 2.75) is 101 Å². The Morgan fingerprint density at radius 2 is 1.95 bits per heavy atom. The van der Waals surface area contributed by atoms with Crippen molar-refractivity contribution in [3.05, 3.63) is 58.8 Å². The van der Waals surface area contributed by atoms with E-state index in [-0.39, 0.29) is 33.8 Å². The van der Waals surface area contributed by atoms with Gasteiger partial charge in [-0.2, -0.15) is 0 Å². The Morgan fingerprint density at radius 1 is 1.19 bits per heavy atom. The fraction of sp³-hybridized carbons (Fsp3) is 0.629. The first-order valence-electron chi connectivity index (χ1n) is 16.3. The van der Waals surface area contributed by atoms with Crippen LogP contribution in [0.1, 0.15) is 89.7 Å². The van der Waals surface area contributed by atoms with Crippen molar-refractivity contribution in [2.75, 3.05) is 33.2 Å². The summed E-state index contributed by atoms with van der Waals surface area (Å²) < 4.78 is 0. The highest BCUT2D eigenvalue weighted by Crippen LogP contribution is 2.56. The van der Waals surface area contributed by atoms with Crippen molar-refractivity contribution < 1.29 is 14.4 Å². The number of carbonyl (C=O) groups excluding carboxylic acids is 3. The quantitative estimate of drug-likeness (QED) is 0.351. The molecule has 8 heteroatoms. The van der Waals surface area contributed by atoms with Gasteiger partial charge < -0.3 is 20.0 Å². The van der Waals surface area contributed by atoms with E-state index in [1.54, 1.807) is 11.8 Å². The molecule has 1 aromatic carbocycles. The summed E-state index contributed by atoms with van der Waals surface area (Å²) in [6.07, 6.45) is 14.0. The Morgan fingerprint density at radius 3 is 2.70 bits per heavy atom. The van der Waals surface area contributed by atoms with Crippen LogP contribution in [0.2, 0.25) is 0 Å². The molecular weight excluding hydrogens is 556 g/mol. The number of nitrogens with zero attached hydrogens (tertiary/aromatic N) is 3. The lowest BCUT2D eigenvalue weighted by Gasteiger charge is -2.43. The minimum absolute atomic E-state index is 0.118. The zero-order valence-electron chi connectivity index (χ0n) is 26.6. The third-order valence-corrected chi connectivity index (χ3v) is 11.5. The Kier molecular flexibility index (Phi) is 10.1. The zero-order chi connectivity index (χ0) is 30.6. The molecule has 4 aliphatic rings. The minimum Gasteiger partial charge on any atom is -0.343 e. The first-order valence-corrected chi connectivity index (χ1v) is 17.1. The highest BCUT2D eigenvalue weighted by atomic mass is 32.2. The van der Waals surface area contributed by atoms with Gasteiger partial charge in [-0.25, -0.2) is 0 Å². The summed E-state index contributed by atoms with van der Waals surface area (Å²) >= 11 is 1.75. The summed E-state index contributed by atoms with van der Waals surface area (Å²) in [5.74, 6) is 0.261. The number of hydrogen-bond acceptors (Lipinski definition) is 5. The summed E-state index contributed by atoms with van der Waals surface area (Å²) in [4.78, 5) is 44.8. The molecule has 1 N–H and O–H groups in total. The molecule has 3 amide bonds. The van der Waals surface area contributed by atoms with Gasteiger partial charge in [-0.1, -0.05) is 51.1 Å². The maximum Gasteiger partial charge on any atom is 0.237 e. The van der Waals surface area contributed by atoms with Gasteiger partial charge in [0.15, 0.2) is 0 Å². The van der Waals surface area contributed by atoms with Crippen LogP contribution in [0.3, 0.4) is 0 Å². The number of amides is 3. The summed E-state index contributed by atoms with van der Waals surface area (Å²) in [5.41, 5.74) is 5.01. The average Bonchev–Trinajstić information content (AvgIpc) is 3.25. The Balaban J connectivity index is 1.19. The van der Waals surface area contributed by atoms with Crippen molar-refractivity contribution >= 4 is 30.0 Å². The Labute approximate surface area is 262 Å². The summed E-state index contributed by atoms with van der Waals surface area (Å²) in [6, 6.07) is 9.07. The van der Waals surface area contributed by atoms with E-state index in [4.69, 9.17) is 0 Å². The molecule has 0 bridgehead atoms. The molecule has 1 spiro atoms. The molecule has 0 aromatic heterocycles. The number of piperidine rings is 1. The number of allylic oxidation sites excluding steroid dienone is 2. The van der Waals surface area contributed by atoms with Gasteiger partial charge in [0.25, 0.3) is 0 Å². The molecule has 1 aromatic rings. The lowest BCUT2D eigenvalue weighted by atomic mass is 9.85. The van der Waals surface area contributed by atoms with E-state index < -0.39 is 0 Å². The maximum absolute atomic E-state index is 14.0. The number of nitrogens with one attached hydrogen (secondary N) is 1. The Bertz CT molecular complexity index is 1250. The second-order valence-corrected chi connectivity index (χ2v) is 15.4. The van der Waals surface area contributed by atoms with Crippen molar-refractivity contribution in [1.29, 1.82) is 0 Å². The van der Waals surface area contributed by atoms with Crippen LogP contribution in [0.15, 0.2) is 47.7 Å². The molecule has 5 rings (SSSR count). The van der Waals surface area contributed by atoms with Gasteiger partial charge in [0.05, 0.1) is 5.25 Å². The normalized spacial score (nSPS) is 24.7. The topological polar surface area (TPSA) is 73.0 Å². The third kappa shape index (κ3) is 7.22. The molecule has 2 heterocycles. The predicted octanol–water partition coefficient (Wildman–Crippen LogP) is 5.61. The Hall–Kier alpha value is -2.58. The summed E-state index contributed by atoms with van der Waals surface area (Å²) in [6.45, 7) is 9.85. The van der Waals surface area contributed by atoms with Crippen molar-refractivity contribution in [2.24, 2.45) is 5.41 Å². The van der Waals surface area contributed by atoms with E-state index in [1.165, 1.54) is 16.7 Å². The zero-order valence-corrected chi connectivity index (χ0v) is 27.4. The van der Waals surface area contributed by atoms with Gasteiger partial charge in [0, 0.05) is 44.3 Å². The fourth-order valence-electron chi connectivity index (χ4n) is 7.27. The monoisotopic (exact) mass is 606 g/mol. The first kappa shape index (κ1) is 31.8. The van der Waals surface area contributed by atoms with Crippen LogP contribution in [0.4, 0.5) is 0 Å². The second kappa shape index (κ2) is 13.6. The van der Waals surface area contributed by atoms with E-state index in [2.05, 4.69) is 73.3 Å². The number of likely N-dealkylation sites (tertiary alicyclic amines) is 1. The van der Waals surface area contributed by atoms with Crippen LogP contribution in [-0.2, 0) is 25.7 Å². The average molecular weight is 607 g/mol. The first-order chi connectivity index (χ1) is 20.6. The van der Waals surface area contributed by atoms with Crippen molar-refractivity contribution in [3.63, 3.8) is 0 Å². The SMILES string of the molecule is CN(CCC1=C(NC=O)C=CCC1)C1CCN(C(=O)CC2SC3(CCCc4ccccc43)N(CCC(C)(C)C)C2=O)CC1. The van der Waals surface area contributed by atoms with E-state index >= 15 is 0 Å². The molecular formula is C35H50N4O3S. The van der Waals surface area contributed by atoms with Gasteiger partial charge >= 0.3 is 0 Å². The lowest BCUT2D eigenvalue weighted by Crippen LogP contribution is -2.47. The third-order valence-electron chi connectivity index (χ3n) is 9.86. The number of rotatable bonds is 10. The molecule has 2 atom stereocenters. The van der Waals surface area contributed by atoms with Crippen molar-refractivity contribution in [1.82, 2.24) is 20.0 Å². The number of thioether (sulfide) groups is 1. The lowest BCUT2D eigenvalue weighted by molar-refractivity contribution is -0.138. The van der Waals surface area contributed by atoms with Crippen LogP contribution in [-0.4, -0.2) is 77.4 Å². The molecule has 43 heavy (non-hydrogen) atoms. The van der Waals surface area contributed by atoms with E-state index in [1.807, 2.05) is 11.0 Å². The highest BCUT2D eigenvalue weighted by Gasteiger charge is 2.54. The van der Waals surface area contributed by atoms with Gasteiger partial charge in [-0.3, -0.25) is 14.4 Å². The van der Waals surface area contributed by atoms with Gasteiger partial charge in [0.2, 0.25) is 18.2 Å². The molecule has 2 aliphatic heterocycles. The van der Waals surface area contributed by atoms with Crippen molar-refractivity contribution in [3.8, 4) is 0 Å². The molecule has 2 unspecified atom stereocenters. The molecule has 2 saturated heterocycles. The summed E-state index contributed by atoms with van der Waals surface area (Å²) in [7, 11) is 2.18. The van der Waals surface area contributed by atoms with E-state index in [9.17, 15) is 14.4 Å². The second-order valence-electron chi connectivity index (χ2n) is 14.0. The maximum atomic E-state index is 14.0. The van der Waals surface area contributed by atoms with Crippen LogP contribution in [0, 0.1) is 5.41 Å². The molecule has 2 aliphatic carbocycles. The minimum atomic E-state index is -0.359. The van der Waals surface area contributed by atoms with Crippen LogP contribution < -0.4 is 5.32 Å². The van der Waals surface area contributed by atoms with E-state index in [0.717, 1.165) is 96.1 Å². The molecule has 234 valence electrons. The summed E-state index contributed by atoms with van der Waals surface area (Å²) in [5, 5.41) is 2.52. The largest absolute Gasteiger partial charge is 0.343 e. The fourth-order valence-corrected chi connectivity index (χ4v) is 9.09. The molecule has 0 saturated carbocycles. The number of benzene rings is 1. The standard InChI is InChI=1S/C35H50N4O3S/c1-34(2,3)19-23-39-33(42)31(43-35(39)18-9-12-26-10-5-7-13-29(26)35)24-32(41)38-21-16-28(17-22-38)37(4)20-15-27-11-6-8-14-30(27)36-25-40/h5,7-8,10,13-14,25,28,31H,6,9,11-12,15-24H2,1-4H3,(H,36,40). The van der Waals surface area contributed by atoms with E-state index in [0.29, 0.717) is 6.04 Å². The smallest absolute Gasteiger partial charge is 0.237 e. The van der Waals surface area contributed by atoms with Gasteiger partial charge in [0.1, 0.15) is 4.87 Å². The van der Waals surface area contributed by atoms with Gasteiger partial charge in [-0.05, 0) is 93.0 Å². The number of carbonyl (C=O) groups is 3. The molecule has 2 fully saturated rings. The highest BCUT2D eigenvalue weighted by molar-refractivity contribution is 8.02. The molecule has 7 nitrogen and oxygen atoms in total. The molecule has 0 radical (unpaired) electrons. The number of aryl methyl sites for hydroxylation is 1. The van der Waals surface area contributed by atoms with Crippen LogP contribution in [0.5, 0.6) is 0 Å². The van der Waals surface area contributed by atoms with Crippen LogP contribution in [0.25, 0.3) is 0 Å². The van der Waals surface area contributed by atoms with Crippen LogP contribution >= 0.6 is 11.8 Å².